The second kappa shape index (κ2) is 6.68. The van der Waals surface area contributed by atoms with Crippen molar-refractivity contribution in [3.05, 3.63) is 29.3 Å². The van der Waals surface area contributed by atoms with Crippen LogP contribution in [0.3, 0.4) is 0 Å². The Morgan fingerprint density at radius 1 is 1.37 bits per heavy atom. The molecule has 1 aromatic carbocycles. The van der Waals surface area contributed by atoms with E-state index < -0.39 is 0 Å². The van der Waals surface area contributed by atoms with Gasteiger partial charge in [-0.2, -0.15) is 0 Å². The van der Waals surface area contributed by atoms with Crippen LogP contribution in [-0.4, -0.2) is 43.5 Å². The molecule has 2 N–H and O–H groups in total. The fraction of sp³-hybridized carbons (Fsp3) is 0.533. The van der Waals surface area contributed by atoms with Gasteiger partial charge in [0.1, 0.15) is 0 Å². The maximum atomic E-state index is 12.1. The quantitative estimate of drug-likeness (QED) is 0.861. The third-order valence-electron chi connectivity index (χ3n) is 3.58. The molecule has 1 fully saturated rings. The molecule has 0 aliphatic carbocycles. The van der Waals surface area contributed by atoms with Crippen molar-refractivity contribution in [2.45, 2.75) is 20.3 Å². The first-order valence-corrected chi connectivity index (χ1v) is 7.02. The molecule has 0 saturated carbocycles. The molecule has 4 nitrogen and oxygen atoms in total. The molecule has 1 heterocycles. The number of carbonyl (C=O) groups excluding carboxylic acids is 1. The molecule has 104 valence electrons. The van der Waals surface area contributed by atoms with Crippen LogP contribution in [0.4, 0.5) is 5.69 Å². The van der Waals surface area contributed by atoms with Crippen LogP contribution in [0.2, 0.25) is 0 Å². The number of benzene rings is 1. The Kier molecular flexibility index (Phi) is 4.93. The van der Waals surface area contributed by atoms with Gasteiger partial charge in [-0.25, -0.2) is 0 Å². The van der Waals surface area contributed by atoms with Crippen LogP contribution in [0, 0.1) is 6.92 Å². The van der Waals surface area contributed by atoms with Crippen molar-refractivity contribution in [2.24, 2.45) is 0 Å². The average molecular weight is 261 g/mol. The molecular formula is C15H23N3O. The summed E-state index contributed by atoms with van der Waals surface area (Å²) >= 11 is 0. The molecule has 0 radical (unpaired) electrons. The number of nitrogens with zero attached hydrogens (tertiary/aromatic N) is 1. The number of carbonyl (C=O) groups is 1. The number of aryl methyl sites for hydroxylation is 2. The Morgan fingerprint density at radius 2 is 2.11 bits per heavy atom. The van der Waals surface area contributed by atoms with Gasteiger partial charge in [-0.05, 0) is 24.5 Å². The first-order valence-electron chi connectivity index (χ1n) is 7.02. The van der Waals surface area contributed by atoms with Gasteiger partial charge >= 0.3 is 0 Å². The van der Waals surface area contributed by atoms with Gasteiger partial charge in [-0.15, -0.1) is 0 Å². The van der Waals surface area contributed by atoms with Crippen LogP contribution >= 0.6 is 0 Å². The van der Waals surface area contributed by atoms with Crippen LogP contribution in [0.25, 0.3) is 0 Å². The lowest BCUT2D eigenvalue weighted by molar-refractivity contribution is -0.117. The maximum Gasteiger partial charge on any atom is 0.238 e. The van der Waals surface area contributed by atoms with Gasteiger partial charge in [0.05, 0.1) is 6.54 Å². The van der Waals surface area contributed by atoms with Crippen LogP contribution in [0.5, 0.6) is 0 Å². The largest absolute Gasteiger partial charge is 0.324 e. The summed E-state index contributed by atoms with van der Waals surface area (Å²) in [5.41, 5.74) is 3.33. The third-order valence-corrected chi connectivity index (χ3v) is 3.58. The van der Waals surface area contributed by atoms with Gasteiger partial charge in [0.2, 0.25) is 5.91 Å². The van der Waals surface area contributed by atoms with E-state index in [0.717, 1.165) is 43.9 Å². The number of amides is 1. The number of anilines is 1. The minimum absolute atomic E-state index is 0.0888. The lowest BCUT2D eigenvalue weighted by Crippen LogP contribution is -2.46. The summed E-state index contributed by atoms with van der Waals surface area (Å²) in [5, 5.41) is 6.37. The first-order chi connectivity index (χ1) is 9.20. The molecule has 0 aromatic heterocycles. The maximum absolute atomic E-state index is 12.1. The molecule has 0 atom stereocenters. The highest BCUT2D eigenvalue weighted by atomic mass is 16.2. The summed E-state index contributed by atoms with van der Waals surface area (Å²) in [7, 11) is 0. The summed E-state index contributed by atoms with van der Waals surface area (Å²) < 4.78 is 0. The van der Waals surface area contributed by atoms with E-state index in [-0.39, 0.29) is 5.91 Å². The zero-order valence-corrected chi connectivity index (χ0v) is 11.8. The predicted octanol–water partition coefficient (Wildman–Crippen LogP) is 1.40. The second-order valence-electron chi connectivity index (χ2n) is 5.04. The molecular weight excluding hydrogens is 238 g/mol. The third kappa shape index (κ3) is 3.78. The van der Waals surface area contributed by atoms with E-state index in [9.17, 15) is 4.79 Å². The van der Waals surface area contributed by atoms with E-state index >= 15 is 0 Å². The van der Waals surface area contributed by atoms with E-state index in [4.69, 9.17) is 0 Å². The zero-order chi connectivity index (χ0) is 13.7. The van der Waals surface area contributed by atoms with Gasteiger partial charge in [0, 0.05) is 31.9 Å². The minimum atomic E-state index is 0.0888. The normalized spacial score (nSPS) is 16.3. The Bertz CT molecular complexity index is 439. The van der Waals surface area contributed by atoms with Crippen molar-refractivity contribution in [2.75, 3.05) is 38.0 Å². The number of nitrogens with one attached hydrogen (secondary N) is 2. The highest BCUT2D eigenvalue weighted by molar-refractivity contribution is 5.93. The topological polar surface area (TPSA) is 44.4 Å². The standard InChI is InChI=1S/C15H23N3O/c1-3-13-6-4-5-12(2)15(13)17-14(19)11-18-9-7-16-8-10-18/h4-6,16H,3,7-11H2,1-2H3,(H,17,19). The van der Waals surface area contributed by atoms with Crippen LogP contribution in [0.1, 0.15) is 18.1 Å². The fourth-order valence-electron chi connectivity index (χ4n) is 2.45. The van der Waals surface area contributed by atoms with E-state index in [0.29, 0.717) is 6.54 Å². The summed E-state index contributed by atoms with van der Waals surface area (Å²) in [5.74, 6) is 0.0888. The van der Waals surface area contributed by atoms with Gasteiger partial charge in [0.15, 0.2) is 0 Å². The van der Waals surface area contributed by atoms with Crippen molar-refractivity contribution in [1.82, 2.24) is 10.2 Å². The molecule has 2 rings (SSSR count). The number of rotatable bonds is 4. The number of hydrogen-bond donors (Lipinski definition) is 2. The summed E-state index contributed by atoms with van der Waals surface area (Å²) in [6, 6.07) is 6.16. The Labute approximate surface area is 115 Å². The van der Waals surface area contributed by atoms with E-state index in [2.05, 4.69) is 28.5 Å². The monoisotopic (exact) mass is 261 g/mol. The van der Waals surface area contributed by atoms with Gasteiger partial charge in [-0.3, -0.25) is 9.69 Å². The molecule has 1 aliphatic heterocycles. The van der Waals surface area contributed by atoms with Gasteiger partial charge in [0.25, 0.3) is 0 Å². The van der Waals surface area contributed by atoms with E-state index in [1.54, 1.807) is 0 Å². The van der Waals surface area contributed by atoms with Crippen LogP contribution in [-0.2, 0) is 11.2 Å². The van der Waals surface area contributed by atoms with Crippen LogP contribution in [0.15, 0.2) is 18.2 Å². The Balaban J connectivity index is 1.98. The smallest absolute Gasteiger partial charge is 0.238 e. The minimum Gasteiger partial charge on any atom is -0.324 e. The Morgan fingerprint density at radius 3 is 2.79 bits per heavy atom. The average Bonchev–Trinajstić information content (AvgIpc) is 2.42. The predicted molar refractivity (Wildman–Crippen MR) is 78.5 cm³/mol. The second-order valence-corrected chi connectivity index (χ2v) is 5.04. The summed E-state index contributed by atoms with van der Waals surface area (Å²) in [4.78, 5) is 14.3. The molecule has 1 saturated heterocycles. The lowest BCUT2D eigenvalue weighted by Gasteiger charge is -2.26. The molecule has 4 heteroatoms. The fourth-order valence-corrected chi connectivity index (χ4v) is 2.45. The first kappa shape index (κ1) is 14.0. The summed E-state index contributed by atoms with van der Waals surface area (Å²) in [6.07, 6.45) is 0.935. The SMILES string of the molecule is CCc1cccc(C)c1NC(=O)CN1CCNCC1. The Hall–Kier alpha value is -1.39. The van der Waals surface area contributed by atoms with Crippen molar-refractivity contribution in [1.29, 1.82) is 0 Å². The number of hydrogen-bond acceptors (Lipinski definition) is 3. The van der Waals surface area contributed by atoms with E-state index in [1.165, 1.54) is 5.56 Å². The van der Waals surface area contributed by atoms with Gasteiger partial charge in [-0.1, -0.05) is 25.1 Å². The molecule has 0 bridgehead atoms. The zero-order valence-electron chi connectivity index (χ0n) is 11.8. The van der Waals surface area contributed by atoms with Crippen molar-refractivity contribution < 1.29 is 4.79 Å². The number of para-hydroxylation sites is 1. The van der Waals surface area contributed by atoms with Gasteiger partial charge < -0.3 is 10.6 Å². The molecule has 19 heavy (non-hydrogen) atoms. The molecule has 1 aromatic rings. The van der Waals surface area contributed by atoms with E-state index in [1.807, 2.05) is 19.1 Å². The molecule has 0 spiro atoms. The van der Waals surface area contributed by atoms with Crippen molar-refractivity contribution in [3.8, 4) is 0 Å². The number of piperazine rings is 1. The van der Waals surface area contributed by atoms with Crippen molar-refractivity contribution >= 4 is 11.6 Å². The highest BCUT2D eigenvalue weighted by Crippen LogP contribution is 2.20. The van der Waals surface area contributed by atoms with Crippen molar-refractivity contribution in [3.63, 3.8) is 0 Å². The molecule has 1 amide bonds. The highest BCUT2D eigenvalue weighted by Gasteiger charge is 2.15. The molecule has 0 unspecified atom stereocenters. The van der Waals surface area contributed by atoms with Crippen LogP contribution < -0.4 is 10.6 Å². The lowest BCUT2D eigenvalue weighted by atomic mass is 10.1. The summed E-state index contributed by atoms with van der Waals surface area (Å²) in [6.45, 7) is 8.47. The molecule has 1 aliphatic rings.